The van der Waals surface area contributed by atoms with E-state index in [4.69, 9.17) is 41.9 Å². The van der Waals surface area contributed by atoms with Gasteiger partial charge >= 0.3 is 5.97 Å². The number of rotatable bonds is 6. The average Bonchev–Trinajstić information content (AvgIpc) is 3.53. The Kier molecular flexibility index (Phi) is 5.09. The first-order valence-electron chi connectivity index (χ1n) is 10.3. The topological polar surface area (TPSA) is 70.8 Å². The maximum Gasteiger partial charge on any atom is 0.338 e. The lowest BCUT2D eigenvalue weighted by Crippen LogP contribution is -2.59. The number of hydrogen-bond acceptors (Lipinski definition) is 6. The number of ether oxygens (including phenoxy) is 3. The first kappa shape index (κ1) is 20.3. The van der Waals surface area contributed by atoms with Crippen LogP contribution in [0.5, 0.6) is 0 Å². The molecule has 1 aromatic carbocycles. The fourth-order valence-electron chi connectivity index (χ4n) is 4.58. The van der Waals surface area contributed by atoms with Gasteiger partial charge < -0.3 is 18.7 Å². The van der Waals surface area contributed by atoms with Crippen LogP contribution >= 0.6 is 23.2 Å². The molecule has 2 aliphatic carbocycles. The van der Waals surface area contributed by atoms with Crippen LogP contribution in [0.15, 0.2) is 22.7 Å². The molecule has 0 spiro atoms. The summed E-state index contributed by atoms with van der Waals surface area (Å²) >= 11 is 12.9. The van der Waals surface area contributed by atoms with Crippen molar-refractivity contribution in [2.75, 3.05) is 13.7 Å². The molecule has 30 heavy (non-hydrogen) atoms. The van der Waals surface area contributed by atoms with Crippen molar-refractivity contribution in [2.24, 2.45) is 0 Å². The van der Waals surface area contributed by atoms with E-state index in [0.717, 1.165) is 37.0 Å². The standard InChI is InChI=1S/C22H23Cl2NO5/c1-27-20(26)22-9-7-21(8-10-22,12-29-22)28-11-14-18(25-30-19(14)13-5-6-13)17-15(23)3-2-4-16(17)24/h2-4,13H,5-12H2,1H3. The van der Waals surface area contributed by atoms with Crippen molar-refractivity contribution in [3.8, 4) is 11.3 Å². The number of aromatic nitrogens is 1. The average molecular weight is 452 g/mol. The summed E-state index contributed by atoms with van der Waals surface area (Å²) in [4.78, 5) is 12.2. The molecule has 0 N–H and O–H groups in total. The smallest absolute Gasteiger partial charge is 0.338 e. The van der Waals surface area contributed by atoms with E-state index in [1.807, 2.05) is 0 Å². The molecule has 0 unspecified atom stereocenters. The van der Waals surface area contributed by atoms with Crippen LogP contribution < -0.4 is 0 Å². The fraction of sp³-hybridized carbons (Fsp3) is 0.545. The molecule has 6 nitrogen and oxygen atoms in total. The SMILES string of the molecule is COC(=O)C12CCC(OCc3c(-c4c(Cl)cccc4Cl)noc3C3CC3)(CC1)CO2. The van der Waals surface area contributed by atoms with Gasteiger partial charge in [0.2, 0.25) is 0 Å². The van der Waals surface area contributed by atoms with Gasteiger partial charge in [0.1, 0.15) is 11.5 Å². The number of methoxy groups -OCH3 is 1. The number of nitrogens with zero attached hydrogens (tertiary/aromatic N) is 1. The molecule has 0 atom stereocenters. The number of benzene rings is 1. The number of carbonyl (C=O) groups is 1. The summed E-state index contributed by atoms with van der Waals surface area (Å²) in [5.74, 6) is 0.930. The Balaban J connectivity index is 1.40. The highest BCUT2D eigenvalue weighted by Gasteiger charge is 2.55. The van der Waals surface area contributed by atoms with Crippen LogP contribution in [0, 0.1) is 0 Å². The summed E-state index contributed by atoms with van der Waals surface area (Å²) in [6.45, 7) is 0.703. The summed E-state index contributed by atoms with van der Waals surface area (Å²) in [6.07, 6.45) is 4.84. The molecule has 8 heteroatoms. The summed E-state index contributed by atoms with van der Waals surface area (Å²) < 4.78 is 23.1. The monoisotopic (exact) mass is 451 g/mol. The lowest BCUT2D eigenvalue weighted by Gasteiger charge is -2.50. The summed E-state index contributed by atoms with van der Waals surface area (Å²) in [5, 5.41) is 5.37. The molecular formula is C22H23Cl2NO5. The second kappa shape index (κ2) is 7.52. The molecule has 6 rings (SSSR count). The van der Waals surface area contributed by atoms with Gasteiger partial charge in [0.15, 0.2) is 5.60 Å². The third kappa shape index (κ3) is 3.34. The Morgan fingerprint density at radius 3 is 2.47 bits per heavy atom. The van der Waals surface area contributed by atoms with Gasteiger partial charge in [-0.1, -0.05) is 34.4 Å². The lowest BCUT2D eigenvalue weighted by molar-refractivity contribution is -0.244. The van der Waals surface area contributed by atoms with Crippen molar-refractivity contribution in [1.82, 2.24) is 5.16 Å². The van der Waals surface area contributed by atoms with Gasteiger partial charge in [0, 0.05) is 17.0 Å². The second-order valence-corrected chi connectivity index (χ2v) is 9.31. The van der Waals surface area contributed by atoms with Crippen LogP contribution in [0.3, 0.4) is 0 Å². The zero-order valence-corrected chi connectivity index (χ0v) is 18.2. The maximum absolute atomic E-state index is 12.2. The highest BCUT2D eigenvalue weighted by Crippen LogP contribution is 2.49. The molecule has 3 heterocycles. The largest absolute Gasteiger partial charge is 0.467 e. The molecule has 4 aliphatic rings. The zero-order chi connectivity index (χ0) is 20.9. The van der Waals surface area contributed by atoms with Crippen LogP contribution in [0.1, 0.15) is 55.8 Å². The fourth-order valence-corrected chi connectivity index (χ4v) is 5.15. The summed E-state index contributed by atoms with van der Waals surface area (Å²) in [5.41, 5.74) is 0.973. The van der Waals surface area contributed by atoms with Crippen molar-refractivity contribution in [2.45, 2.75) is 62.3 Å². The minimum Gasteiger partial charge on any atom is -0.467 e. The first-order chi connectivity index (χ1) is 14.5. The second-order valence-electron chi connectivity index (χ2n) is 8.49. The van der Waals surface area contributed by atoms with Gasteiger partial charge in [-0.25, -0.2) is 4.79 Å². The molecule has 160 valence electrons. The molecule has 0 amide bonds. The van der Waals surface area contributed by atoms with Crippen molar-refractivity contribution in [1.29, 1.82) is 0 Å². The van der Waals surface area contributed by atoms with Gasteiger partial charge in [-0.2, -0.15) is 0 Å². The predicted molar refractivity (Wildman–Crippen MR) is 111 cm³/mol. The molecule has 2 aromatic rings. The van der Waals surface area contributed by atoms with Crippen LogP contribution in [0.2, 0.25) is 10.0 Å². The molecule has 0 radical (unpaired) electrons. The van der Waals surface area contributed by atoms with Gasteiger partial charge in [-0.05, 0) is 50.7 Å². The third-order valence-electron chi connectivity index (χ3n) is 6.63. The zero-order valence-electron chi connectivity index (χ0n) is 16.7. The van der Waals surface area contributed by atoms with E-state index in [1.54, 1.807) is 18.2 Å². The molecule has 2 bridgehead atoms. The summed E-state index contributed by atoms with van der Waals surface area (Å²) in [7, 11) is 1.40. The van der Waals surface area contributed by atoms with Crippen molar-refractivity contribution in [3.63, 3.8) is 0 Å². The Morgan fingerprint density at radius 1 is 1.20 bits per heavy atom. The van der Waals surface area contributed by atoms with Gasteiger partial charge in [0.05, 0.1) is 36.0 Å². The third-order valence-corrected chi connectivity index (χ3v) is 7.26. The van der Waals surface area contributed by atoms with Crippen molar-refractivity contribution >= 4 is 29.2 Å². The molecule has 4 fully saturated rings. The van der Waals surface area contributed by atoms with E-state index >= 15 is 0 Å². The number of hydrogen-bond donors (Lipinski definition) is 0. The number of esters is 1. The van der Waals surface area contributed by atoms with Crippen molar-refractivity contribution in [3.05, 3.63) is 39.6 Å². The van der Waals surface area contributed by atoms with Gasteiger partial charge in [-0.15, -0.1) is 0 Å². The molecule has 2 aliphatic heterocycles. The normalized spacial score (nSPS) is 28.0. The number of carbonyl (C=O) groups excluding carboxylic acids is 1. The molecule has 1 aromatic heterocycles. The Bertz CT molecular complexity index is 939. The first-order valence-corrected chi connectivity index (χ1v) is 11.0. The minimum atomic E-state index is -0.813. The van der Waals surface area contributed by atoms with E-state index in [2.05, 4.69) is 5.16 Å². The van der Waals surface area contributed by atoms with E-state index in [1.165, 1.54) is 7.11 Å². The Labute approximate surface area is 184 Å². The minimum absolute atomic E-state index is 0.290. The van der Waals surface area contributed by atoms with Crippen LogP contribution in [0.25, 0.3) is 11.3 Å². The van der Waals surface area contributed by atoms with Crippen LogP contribution in [0.4, 0.5) is 0 Å². The summed E-state index contributed by atoms with van der Waals surface area (Å²) in [6, 6.07) is 5.39. The van der Waals surface area contributed by atoms with Crippen molar-refractivity contribution < 1.29 is 23.5 Å². The molecule has 2 saturated heterocycles. The Hall–Kier alpha value is -1.60. The quantitative estimate of drug-likeness (QED) is 0.555. The highest BCUT2D eigenvalue weighted by atomic mass is 35.5. The van der Waals surface area contributed by atoms with Crippen LogP contribution in [-0.4, -0.2) is 36.0 Å². The van der Waals surface area contributed by atoms with Crippen LogP contribution in [-0.2, 0) is 25.6 Å². The Morgan fingerprint density at radius 2 is 1.90 bits per heavy atom. The van der Waals surface area contributed by atoms with Gasteiger partial charge in [-0.3, -0.25) is 0 Å². The molecule has 2 saturated carbocycles. The number of halogens is 2. The lowest BCUT2D eigenvalue weighted by atomic mass is 9.73. The molecular weight excluding hydrogens is 429 g/mol. The van der Waals surface area contributed by atoms with E-state index in [9.17, 15) is 4.79 Å². The van der Waals surface area contributed by atoms with E-state index in [-0.39, 0.29) is 5.97 Å². The van der Waals surface area contributed by atoms with E-state index < -0.39 is 11.2 Å². The predicted octanol–water partition coefficient (Wildman–Crippen LogP) is 5.30. The van der Waals surface area contributed by atoms with E-state index in [0.29, 0.717) is 53.3 Å². The number of fused-ring (bicyclic) bond motifs is 3. The maximum atomic E-state index is 12.2. The highest BCUT2D eigenvalue weighted by molar-refractivity contribution is 6.39. The van der Waals surface area contributed by atoms with Gasteiger partial charge in [0.25, 0.3) is 0 Å².